The summed E-state index contributed by atoms with van der Waals surface area (Å²) in [6.07, 6.45) is 4.55. The van der Waals surface area contributed by atoms with E-state index in [4.69, 9.17) is 23.2 Å². The van der Waals surface area contributed by atoms with Crippen LogP contribution in [0.4, 0.5) is 10.2 Å². The van der Waals surface area contributed by atoms with Crippen molar-refractivity contribution in [2.45, 2.75) is 31.2 Å². The Kier molecular flexibility index (Phi) is 4.35. The van der Waals surface area contributed by atoms with Crippen LogP contribution in [0.3, 0.4) is 0 Å². The van der Waals surface area contributed by atoms with Gasteiger partial charge in [-0.3, -0.25) is 0 Å². The van der Waals surface area contributed by atoms with Gasteiger partial charge >= 0.3 is 0 Å². The smallest absolute Gasteiger partial charge is 0.225 e. The first kappa shape index (κ1) is 16.8. The van der Waals surface area contributed by atoms with Gasteiger partial charge in [0.25, 0.3) is 0 Å². The molecule has 2 fully saturated rings. The SMILES string of the molecule is Fc1c(Br)c(Cl)cc2c(N3CCCC4(CCCN4)C3)nc(Cl)nc12. The maximum atomic E-state index is 14.6. The number of nitrogens with one attached hydrogen (secondary N) is 1. The molecule has 4 rings (SSSR count). The van der Waals surface area contributed by atoms with Crippen LogP contribution >= 0.6 is 39.1 Å². The lowest BCUT2D eigenvalue weighted by Crippen LogP contribution is -2.54. The Morgan fingerprint density at radius 2 is 2.04 bits per heavy atom. The molecule has 0 aliphatic carbocycles. The maximum Gasteiger partial charge on any atom is 0.225 e. The summed E-state index contributed by atoms with van der Waals surface area (Å²) in [5.41, 5.74) is 0.319. The zero-order valence-electron chi connectivity index (χ0n) is 12.9. The quantitative estimate of drug-likeness (QED) is 0.528. The predicted molar refractivity (Wildman–Crippen MR) is 98.6 cm³/mol. The van der Waals surface area contributed by atoms with Gasteiger partial charge in [0.1, 0.15) is 11.3 Å². The zero-order chi connectivity index (χ0) is 16.9. The molecule has 0 radical (unpaired) electrons. The number of piperidine rings is 1. The number of hydrogen-bond donors (Lipinski definition) is 1. The van der Waals surface area contributed by atoms with E-state index in [1.165, 1.54) is 6.42 Å². The third-order valence-electron chi connectivity index (χ3n) is 4.99. The molecule has 1 unspecified atom stereocenters. The van der Waals surface area contributed by atoms with Gasteiger partial charge in [0.15, 0.2) is 5.82 Å². The Morgan fingerprint density at radius 3 is 2.79 bits per heavy atom. The van der Waals surface area contributed by atoms with Gasteiger partial charge in [0.05, 0.1) is 9.50 Å². The maximum absolute atomic E-state index is 14.6. The molecule has 1 N–H and O–H groups in total. The van der Waals surface area contributed by atoms with Crippen LogP contribution in [0.15, 0.2) is 10.5 Å². The standard InChI is InChI=1S/C16H16BrCl2FN4/c17-11-10(18)7-9-13(12(11)20)22-15(19)23-14(9)24-6-2-4-16(8-24)3-1-5-21-16/h7,21H,1-6,8H2. The van der Waals surface area contributed by atoms with Crippen molar-refractivity contribution in [1.82, 2.24) is 15.3 Å². The minimum absolute atomic E-state index is 0.0460. The van der Waals surface area contributed by atoms with E-state index in [2.05, 4.69) is 36.1 Å². The Hall–Kier alpha value is -0.690. The van der Waals surface area contributed by atoms with Crippen molar-refractivity contribution in [3.63, 3.8) is 0 Å². The average molecular weight is 434 g/mol. The number of anilines is 1. The summed E-state index contributed by atoms with van der Waals surface area (Å²) < 4.78 is 14.8. The van der Waals surface area contributed by atoms with Crippen molar-refractivity contribution in [3.8, 4) is 0 Å². The van der Waals surface area contributed by atoms with Gasteiger partial charge in [-0.05, 0) is 65.8 Å². The number of benzene rings is 1. The Bertz CT molecular complexity index is 810. The minimum Gasteiger partial charge on any atom is -0.354 e. The summed E-state index contributed by atoms with van der Waals surface area (Å²) >= 11 is 15.4. The van der Waals surface area contributed by atoms with Gasteiger partial charge in [0.2, 0.25) is 5.28 Å². The fourth-order valence-electron chi connectivity index (χ4n) is 3.90. The van der Waals surface area contributed by atoms with Crippen LogP contribution < -0.4 is 10.2 Å². The molecule has 1 aromatic heterocycles. The molecule has 2 saturated heterocycles. The van der Waals surface area contributed by atoms with Gasteiger partial charge in [-0.15, -0.1) is 0 Å². The number of aromatic nitrogens is 2. The van der Waals surface area contributed by atoms with Crippen molar-refractivity contribution in [2.75, 3.05) is 24.5 Å². The van der Waals surface area contributed by atoms with E-state index in [0.29, 0.717) is 16.2 Å². The van der Waals surface area contributed by atoms with Gasteiger partial charge < -0.3 is 10.2 Å². The van der Waals surface area contributed by atoms with Crippen LogP contribution in [-0.4, -0.2) is 35.1 Å². The molecule has 1 aromatic carbocycles. The fraction of sp³-hybridized carbons (Fsp3) is 0.500. The van der Waals surface area contributed by atoms with E-state index in [1.807, 2.05) is 0 Å². The molecule has 2 aliphatic heterocycles. The van der Waals surface area contributed by atoms with Crippen LogP contribution in [0.5, 0.6) is 0 Å². The molecule has 1 spiro atoms. The molecule has 8 heteroatoms. The summed E-state index contributed by atoms with van der Waals surface area (Å²) in [6, 6.07) is 1.71. The zero-order valence-corrected chi connectivity index (χ0v) is 16.0. The first-order valence-electron chi connectivity index (χ1n) is 8.00. The molecule has 128 valence electrons. The number of hydrogen-bond acceptors (Lipinski definition) is 4. The second kappa shape index (κ2) is 6.24. The summed E-state index contributed by atoms with van der Waals surface area (Å²) in [5, 5.41) is 4.59. The molecule has 2 aromatic rings. The Balaban J connectivity index is 1.84. The predicted octanol–water partition coefficient (Wildman–Crippen LogP) is 4.56. The fourth-order valence-corrected chi connectivity index (χ4v) is 4.56. The molecule has 2 aliphatic rings. The van der Waals surface area contributed by atoms with E-state index < -0.39 is 5.82 Å². The lowest BCUT2D eigenvalue weighted by molar-refractivity contribution is 0.307. The molecule has 4 nitrogen and oxygen atoms in total. The average Bonchev–Trinajstić information content (AvgIpc) is 3.01. The molecule has 24 heavy (non-hydrogen) atoms. The summed E-state index contributed by atoms with van der Waals surface area (Å²) in [4.78, 5) is 10.7. The van der Waals surface area contributed by atoms with E-state index in [0.717, 1.165) is 38.9 Å². The highest BCUT2D eigenvalue weighted by atomic mass is 79.9. The summed E-state index contributed by atoms with van der Waals surface area (Å²) in [5.74, 6) is 0.153. The van der Waals surface area contributed by atoms with Crippen molar-refractivity contribution in [3.05, 3.63) is 26.7 Å². The number of rotatable bonds is 1. The van der Waals surface area contributed by atoms with Crippen molar-refractivity contribution >= 4 is 55.9 Å². The van der Waals surface area contributed by atoms with E-state index in [-0.39, 0.29) is 20.8 Å². The van der Waals surface area contributed by atoms with Gasteiger partial charge in [-0.1, -0.05) is 11.6 Å². The van der Waals surface area contributed by atoms with Crippen molar-refractivity contribution in [1.29, 1.82) is 0 Å². The molecule has 0 saturated carbocycles. The van der Waals surface area contributed by atoms with Crippen LogP contribution in [0, 0.1) is 5.82 Å². The molecule has 3 heterocycles. The van der Waals surface area contributed by atoms with Crippen LogP contribution in [-0.2, 0) is 0 Å². The molecule has 0 amide bonds. The van der Waals surface area contributed by atoms with Gasteiger partial charge in [0, 0.05) is 24.0 Å². The molecular weight excluding hydrogens is 418 g/mol. The Labute approximate surface area is 157 Å². The second-order valence-electron chi connectivity index (χ2n) is 6.53. The van der Waals surface area contributed by atoms with Crippen LogP contribution in [0.2, 0.25) is 10.3 Å². The number of nitrogens with zero attached hydrogens (tertiary/aromatic N) is 3. The normalized spacial score (nSPS) is 24.2. The molecular formula is C16H16BrCl2FN4. The number of halogens is 4. The van der Waals surface area contributed by atoms with Crippen molar-refractivity contribution < 1.29 is 4.39 Å². The third-order valence-corrected chi connectivity index (χ3v) is 6.46. The summed E-state index contributed by atoms with van der Waals surface area (Å²) in [6.45, 7) is 2.75. The number of fused-ring (bicyclic) bond motifs is 1. The first-order chi connectivity index (χ1) is 11.5. The topological polar surface area (TPSA) is 41.0 Å². The summed E-state index contributed by atoms with van der Waals surface area (Å²) in [7, 11) is 0. The van der Waals surface area contributed by atoms with Crippen LogP contribution in [0.25, 0.3) is 10.9 Å². The van der Waals surface area contributed by atoms with E-state index in [1.54, 1.807) is 6.07 Å². The molecule has 0 bridgehead atoms. The van der Waals surface area contributed by atoms with Crippen LogP contribution in [0.1, 0.15) is 25.7 Å². The monoisotopic (exact) mass is 432 g/mol. The van der Waals surface area contributed by atoms with E-state index >= 15 is 0 Å². The third kappa shape index (κ3) is 2.77. The highest BCUT2D eigenvalue weighted by Crippen LogP contribution is 2.38. The minimum atomic E-state index is -0.506. The highest BCUT2D eigenvalue weighted by molar-refractivity contribution is 9.10. The molecule has 1 atom stereocenters. The van der Waals surface area contributed by atoms with Crippen molar-refractivity contribution in [2.24, 2.45) is 0 Å². The van der Waals surface area contributed by atoms with E-state index in [9.17, 15) is 4.39 Å². The highest BCUT2D eigenvalue weighted by Gasteiger charge is 2.38. The first-order valence-corrected chi connectivity index (χ1v) is 9.55. The Morgan fingerprint density at radius 1 is 1.25 bits per heavy atom. The van der Waals surface area contributed by atoms with Gasteiger partial charge in [-0.2, -0.15) is 4.98 Å². The lowest BCUT2D eigenvalue weighted by atomic mass is 9.87. The second-order valence-corrected chi connectivity index (χ2v) is 8.07. The lowest BCUT2D eigenvalue weighted by Gasteiger charge is -2.41. The largest absolute Gasteiger partial charge is 0.354 e. The van der Waals surface area contributed by atoms with Gasteiger partial charge in [-0.25, -0.2) is 9.37 Å².